The van der Waals surface area contributed by atoms with Gasteiger partial charge < -0.3 is 14.9 Å². The number of carbonyl (C=O) groups is 2. The standard InChI is InChI=1S/C15H26N6O6S/c1-5-6-11-9-21(10-12(11)13(22)27-20-19-16)28(24,25)18-8-7-17-14(23)26-15(2,3)4/h5,11-12,18H,1,6-10H2,2-4H3,(H,17,23). The minimum atomic E-state index is -3.89. The van der Waals surface area contributed by atoms with Crippen molar-refractivity contribution in [2.24, 2.45) is 17.1 Å². The molecule has 1 saturated heterocycles. The third kappa shape index (κ3) is 7.72. The molecule has 12 nitrogen and oxygen atoms in total. The summed E-state index contributed by atoms with van der Waals surface area (Å²) in [5.74, 6) is -1.93. The number of hydrogen-bond acceptors (Lipinski definition) is 7. The van der Waals surface area contributed by atoms with E-state index in [4.69, 9.17) is 10.3 Å². The first kappa shape index (κ1) is 23.7. The minimum absolute atomic E-state index is 0.0282. The number of rotatable bonds is 9. The highest BCUT2D eigenvalue weighted by Gasteiger charge is 2.42. The van der Waals surface area contributed by atoms with Crippen molar-refractivity contribution in [1.29, 1.82) is 0 Å². The van der Waals surface area contributed by atoms with E-state index in [1.807, 2.05) is 0 Å². The summed E-state index contributed by atoms with van der Waals surface area (Å²) in [6, 6.07) is 0. The molecule has 2 atom stereocenters. The Labute approximate surface area is 164 Å². The first-order chi connectivity index (χ1) is 13.0. The molecule has 1 rings (SSSR count). The van der Waals surface area contributed by atoms with Crippen molar-refractivity contribution in [2.75, 3.05) is 26.2 Å². The van der Waals surface area contributed by atoms with Gasteiger partial charge in [0.1, 0.15) is 10.9 Å². The summed E-state index contributed by atoms with van der Waals surface area (Å²) in [4.78, 5) is 30.3. The second-order valence-electron chi connectivity index (χ2n) is 7.12. The minimum Gasteiger partial charge on any atom is -0.444 e. The quantitative estimate of drug-likeness (QED) is 0.143. The third-order valence-corrected chi connectivity index (χ3v) is 5.31. The van der Waals surface area contributed by atoms with Crippen LogP contribution in [-0.2, 0) is 24.6 Å². The van der Waals surface area contributed by atoms with E-state index in [-0.39, 0.29) is 32.1 Å². The van der Waals surface area contributed by atoms with Crippen LogP contribution < -0.4 is 10.0 Å². The summed E-state index contributed by atoms with van der Waals surface area (Å²) < 4.78 is 33.4. The van der Waals surface area contributed by atoms with Gasteiger partial charge in [0.2, 0.25) is 0 Å². The number of carbonyl (C=O) groups excluding carboxylic acids is 2. The second kappa shape index (κ2) is 10.3. The zero-order valence-corrected chi connectivity index (χ0v) is 16.9. The van der Waals surface area contributed by atoms with E-state index in [1.54, 1.807) is 26.8 Å². The van der Waals surface area contributed by atoms with Crippen molar-refractivity contribution >= 4 is 22.3 Å². The molecular formula is C15H26N6O6S. The number of nitrogens with zero attached hydrogens (tertiary/aromatic N) is 4. The number of hydrogen-bond donors (Lipinski definition) is 2. The first-order valence-corrected chi connectivity index (χ1v) is 10.0. The van der Waals surface area contributed by atoms with Crippen LogP contribution >= 0.6 is 0 Å². The Kier molecular flexibility index (Phi) is 8.69. The van der Waals surface area contributed by atoms with Gasteiger partial charge >= 0.3 is 12.1 Å². The van der Waals surface area contributed by atoms with E-state index >= 15 is 0 Å². The van der Waals surface area contributed by atoms with Gasteiger partial charge in [-0.2, -0.15) is 12.7 Å². The maximum Gasteiger partial charge on any atom is 0.407 e. The predicted octanol–water partition coefficient (Wildman–Crippen LogP) is 1.24. The Hall–Kier alpha value is -2.34. The average Bonchev–Trinajstić information content (AvgIpc) is 3.00. The summed E-state index contributed by atoms with van der Waals surface area (Å²) >= 11 is 0. The van der Waals surface area contributed by atoms with Crippen LogP contribution in [0.2, 0.25) is 0 Å². The van der Waals surface area contributed by atoms with Crippen LogP contribution in [0.25, 0.3) is 10.4 Å². The van der Waals surface area contributed by atoms with E-state index in [1.165, 1.54) is 0 Å². The highest BCUT2D eigenvalue weighted by molar-refractivity contribution is 7.87. The third-order valence-electron chi connectivity index (χ3n) is 3.76. The Morgan fingerprint density at radius 2 is 2.04 bits per heavy atom. The first-order valence-electron chi connectivity index (χ1n) is 8.58. The van der Waals surface area contributed by atoms with Crippen LogP contribution in [0.5, 0.6) is 0 Å². The molecule has 28 heavy (non-hydrogen) atoms. The van der Waals surface area contributed by atoms with Crippen LogP contribution in [0.15, 0.2) is 17.9 Å². The molecule has 0 aromatic heterocycles. The van der Waals surface area contributed by atoms with E-state index < -0.39 is 33.8 Å². The van der Waals surface area contributed by atoms with Crippen molar-refractivity contribution < 1.29 is 27.6 Å². The largest absolute Gasteiger partial charge is 0.444 e. The summed E-state index contributed by atoms with van der Waals surface area (Å²) in [5, 5.41) is 5.21. The fourth-order valence-corrected chi connectivity index (χ4v) is 3.91. The molecule has 0 saturated carbocycles. The fourth-order valence-electron chi connectivity index (χ4n) is 2.62. The lowest BCUT2D eigenvalue weighted by molar-refractivity contribution is -0.149. The smallest absolute Gasteiger partial charge is 0.407 e. The molecule has 0 aliphatic carbocycles. The molecular weight excluding hydrogens is 392 g/mol. The zero-order chi connectivity index (χ0) is 21.4. The topological polar surface area (TPSA) is 163 Å². The Morgan fingerprint density at radius 3 is 2.61 bits per heavy atom. The number of azide groups is 1. The van der Waals surface area contributed by atoms with Crippen LogP contribution in [0.1, 0.15) is 27.2 Å². The lowest BCUT2D eigenvalue weighted by atomic mass is 9.93. The monoisotopic (exact) mass is 418 g/mol. The summed E-state index contributed by atoms with van der Waals surface area (Å²) in [7, 11) is -3.89. The molecule has 1 aliphatic rings. The number of amides is 1. The molecule has 13 heteroatoms. The van der Waals surface area contributed by atoms with Crippen molar-refractivity contribution in [3.05, 3.63) is 23.1 Å². The van der Waals surface area contributed by atoms with E-state index in [9.17, 15) is 18.0 Å². The highest BCUT2D eigenvalue weighted by atomic mass is 32.2. The van der Waals surface area contributed by atoms with E-state index in [0.29, 0.717) is 6.42 Å². The molecule has 0 radical (unpaired) electrons. The van der Waals surface area contributed by atoms with Crippen molar-refractivity contribution in [1.82, 2.24) is 14.3 Å². The molecule has 0 aromatic rings. The van der Waals surface area contributed by atoms with Gasteiger partial charge in [0.05, 0.1) is 5.92 Å². The number of nitrogens with one attached hydrogen (secondary N) is 2. The van der Waals surface area contributed by atoms with Crippen LogP contribution in [0.3, 0.4) is 0 Å². The van der Waals surface area contributed by atoms with Crippen LogP contribution in [0, 0.1) is 11.8 Å². The summed E-state index contributed by atoms with van der Waals surface area (Å²) in [6.45, 7) is 8.67. The summed E-state index contributed by atoms with van der Waals surface area (Å²) in [6.07, 6.45) is 1.31. The van der Waals surface area contributed by atoms with Gasteiger partial charge in [0.15, 0.2) is 0 Å². The number of allylic oxidation sites excluding steroid dienone is 1. The second-order valence-corrected chi connectivity index (χ2v) is 8.87. The maximum atomic E-state index is 12.4. The zero-order valence-electron chi connectivity index (χ0n) is 16.1. The molecule has 1 fully saturated rings. The SMILES string of the molecule is C=CCC1CN(S(=O)(=O)NCCNC(=O)OC(C)(C)C)CC1C(=O)ON=[N+]=[N-]. The van der Waals surface area contributed by atoms with E-state index in [2.05, 4.69) is 31.6 Å². The molecule has 1 aliphatic heterocycles. The van der Waals surface area contributed by atoms with Crippen molar-refractivity contribution in [2.45, 2.75) is 32.8 Å². The molecule has 158 valence electrons. The van der Waals surface area contributed by atoms with E-state index in [0.717, 1.165) is 4.31 Å². The van der Waals surface area contributed by atoms with Gasteiger partial charge in [0.25, 0.3) is 10.2 Å². The summed E-state index contributed by atoms with van der Waals surface area (Å²) in [5.41, 5.74) is 7.59. The van der Waals surface area contributed by atoms with Crippen LogP contribution in [-0.4, -0.2) is 56.6 Å². The molecule has 2 unspecified atom stereocenters. The Bertz CT molecular complexity index is 728. The normalized spacial score (nSPS) is 20.1. The highest BCUT2D eigenvalue weighted by Crippen LogP contribution is 2.29. The Morgan fingerprint density at radius 1 is 1.36 bits per heavy atom. The molecule has 0 aromatic carbocycles. The molecule has 2 N–H and O–H groups in total. The van der Waals surface area contributed by atoms with Gasteiger partial charge in [-0.15, -0.1) is 6.58 Å². The lowest BCUT2D eigenvalue weighted by Crippen LogP contribution is -2.43. The van der Waals surface area contributed by atoms with Crippen LogP contribution in [0.4, 0.5) is 4.79 Å². The van der Waals surface area contributed by atoms with Crippen molar-refractivity contribution in [3.8, 4) is 0 Å². The molecule has 0 spiro atoms. The molecule has 1 amide bonds. The predicted molar refractivity (Wildman–Crippen MR) is 99.8 cm³/mol. The van der Waals surface area contributed by atoms with Crippen molar-refractivity contribution in [3.63, 3.8) is 0 Å². The van der Waals surface area contributed by atoms with Gasteiger partial charge in [-0.25, -0.2) is 9.52 Å². The fraction of sp³-hybridized carbons (Fsp3) is 0.733. The number of alkyl carbamates (subject to hydrolysis) is 1. The maximum absolute atomic E-state index is 12.4. The number of ether oxygens (including phenoxy) is 1. The van der Waals surface area contributed by atoms with Gasteiger partial charge in [-0.1, -0.05) is 6.08 Å². The molecule has 1 heterocycles. The van der Waals surface area contributed by atoms with Gasteiger partial charge in [-0.3, -0.25) is 4.79 Å². The van der Waals surface area contributed by atoms with Gasteiger partial charge in [-0.05, 0) is 38.6 Å². The Balaban J connectivity index is 2.60. The van der Waals surface area contributed by atoms with Gasteiger partial charge in [0, 0.05) is 31.1 Å². The lowest BCUT2D eigenvalue weighted by Gasteiger charge is -2.20. The molecule has 0 bridgehead atoms. The average molecular weight is 418 g/mol.